The molecule has 3 nitrogen and oxygen atoms in total. The molecule has 0 unspecified atom stereocenters. The maximum absolute atomic E-state index is 8.52. The van der Waals surface area contributed by atoms with Crippen molar-refractivity contribution in [2.24, 2.45) is 0 Å². The van der Waals surface area contributed by atoms with Crippen LogP contribution in [0.3, 0.4) is 0 Å². The van der Waals surface area contributed by atoms with Gasteiger partial charge in [0, 0.05) is 0 Å². The van der Waals surface area contributed by atoms with Crippen molar-refractivity contribution in [1.82, 2.24) is 0 Å². The first-order chi connectivity index (χ1) is 1.73. The normalized spacial score (nSPS) is 5.83. The summed E-state index contributed by atoms with van der Waals surface area (Å²) in [5, 5.41) is 0. The summed E-state index contributed by atoms with van der Waals surface area (Å²) >= 11 is -3.65. The topological polar surface area (TPSA) is 63.2 Å². The summed E-state index contributed by atoms with van der Waals surface area (Å²) in [4.78, 5) is 0. The van der Waals surface area contributed by atoms with Gasteiger partial charge in [0.25, 0.3) is 0 Å². The first-order valence-corrected chi connectivity index (χ1v) is 1.91. The van der Waals surface area contributed by atoms with Crippen LogP contribution in [0.15, 0.2) is 0 Å². The fourth-order valence-corrected chi connectivity index (χ4v) is 0. The Kier molecular flexibility index (Phi) is 28.7. The van der Waals surface area contributed by atoms with Gasteiger partial charge in [0.05, 0.1) is 0 Å². The van der Waals surface area contributed by atoms with Crippen LogP contribution in [0.2, 0.25) is 0 Å². The quantitative estimate of drug-likeness (QED) is 0.335. The number of rotatable bonds is 0. The van der Waals surface area contributed by atoms with Crippen LogP contribution in [0.4, 0.5) is 0 Å². The van der Waals surface area contributed by atoms with Gasteiger partial charge < -0.3 is 0 Å². The predicted molar refractivity (Wildman–Crippen MR) is 0.686 cm³/mol. The van der Waals surface area contributed by atoms with Crippen LogP contribution in [-0.2, 0) is 18.3 Å². The standard InChI is InChI=1S/K.Mn.Na.3O/q+1;;+1;;2*-1. The zero-order valence-corrected chi connectivity index (χ0v) is 9.91. The Hall–Kier alpha value is 2.88. The Morgan fingerprint density at radius 2 is 1.33 bits per heavy atom. The molecule has 0 spiro atoms. The first-order valence-electron chi connectivity index (χ1n) is 0.463. The van der Waals surface area contributed by atoms with E-state index in [-0.39, 0.29) is 80.9 Å². The molecule has 0 heterocycles. The molecule has 0 aromatic heterocycles. The van der Waals surface area contributed by atoms with Gasteiger partial charge >= 0.3 is 108 Å². The van der Waals surface area contributed by atoms with Crippen molar-refractivity contribution >= 4 is 0 Å². The maximum atomic E-state index is 8.52. The molecule has 0 fully saturated rings. The Balaban J connectivity index is -0.0000000450. The van der Waals surface area contributed by atoms with E-state index in [1.807, 2.05) is 0 Å². The van der Waals surface area contributed by atoms with Crippen molar-refractivity contribution in [3.05, 3.63) is 0 Å². The summed E-state index contributed by atoms with van der Waals surface area (Å²) in [7, 11) is 0. The molecule has 0 aromatic carbocycles. The summed E-state index contributed by atoms with van der Waals surface area (Å²) in [6.07, 6.45) is 0. The van der Waals surface area contributed by atoms with Gasteiger partial charge in [0.15, 0.2) is 0 Å². The number of hydrogen-bond acceptors (Lipinski definition) is 3. The van der Waals surface area contributed by atoms with Crippen LogP contribution in [0.5, 0.6) is 0 Å². The van der Waals surface area contributed by atoms with E-state index in [4.69, 9.17) is 12.2 Å². The Bertz CT molecular complexity index is 33.8. The van der Waals surface area contributed by atoms with Crippen LogP contribution >= 0.6 is 0 Å². The molecule has 0 amide bonds. The van der Waals surface area contributed by atoms with E-state index >= 15 is 0 Å². The van der Waals surface area contributed by atoms with E-state index in [1.165, 1.54) is 0 Å². The third-order valence-corrected chi connectivity index (χ3v) is 0. The second-order valence-electron chi connectivity index (χ2n) is 0.189. The van der Waals surface area contributed by atoms with E-state index in [9.17, 15) is 0 Å². The van der Waals surface area contributed by atoms with Gasteiger partial charge in [-0.15, -0.1) is 0 Å². The molecule has 0 bridgehead atoms. The summed E-state index contributed by atoms with van der Waals surface area (Å²) < 4.78 is 25.6. The predicted octanol–water partition coefficient (Wildman–Crippen LogP) is -8.49. The van der Waals surface area contributed by atoms with Crippen molar-refractivity contribution in [2.75, 3.05) is 0 Å². The number of hydrogen-bond donors (Lipinski definition) is 0. The Morgan fingerprint density at radius 3 is 1.33 bits per heavy atom. The molecule has 0 aliphatic carbocycles. The fourth-order valence-electron chi connectivity index (χ4n) is 0. The molecule has 27 valence electrons. The van der Waals surface area contributed by atoms with Gasteiger partial charge in [-0.05, 0) is 0 Å². The summed E-state index contributed by atoms with van der Waals surface area (Å²) in [5.74, 6) is 0. The minimum atomic E-state index is -3.65. The molecule has 0 N–H and O–H groups in total. The van der Waals surface area contributed by atoms with Crippen LogP contribution in [0.1, 0.15) is 0 Å². The SMILES string of the molecule is [K+].[Na+].[O]=[Mn]([O-])[O-]. The van der Waals surface area contributed by atoms with Crippen molar-refractivity contribution in [1.29, 1.82) is 0 Å². The Labute approximate surface area is 105 Å². The van der Waals surface area contributed by atoms with Gasteiger partial charge in [0.2, 0.25) is 0 Å². The average molecular weight is 165 g/mol. The molecule has 0 aromatic rings. The monoisotopic (exact) mass is 165 g/mol. The van der Waals surface area contributed by atoms with E-state index in [0.29, 0.717) is 0 Å². The van der Waals surface area contributed by atoms with Gasteiger partial charge in [0.1, 0.15) is 0 Å². The molecule has 0 saturated heterocycles. The van der Waals surface area contributed by atoms with Crippen LogP contribution < -0.4 is 89.3 Å². The fraction of sp³-hybridized carbons (Fsp3) is 0. The zero-order chi connectivity index (χ0) is 3.58. The van der Waals surface area contributed by atoms with Crippen molar-refractivity contribution < 1.29 is 108 Å². The first kappa shape index (κ1) is 15.9. The van der Waals surface area contributed by atoms with Crippen LogP contribution in [0, 0.1) is 0 Å². The molecule has 0 aliphatic rings. The van der Waals surface area contributed by atoms with Crippen molar-refractivity contribution in [3.63, 3.8) is 0 Å². The van der Waals surface area contributed by atoms with E-state index in [1.54, 1.807) is 0 Å². The van der Waals surface area contributed by atoms with Crippen LogP contribution in [0.25, 0.3) is 0 Å². The molecule has 6 heteroatoms. The second kappa shape index (κ2) is 10.8. The molecule has 0 atom stereocenters. The summed E-state index contributed by atoms with van der Waals surface area (Å²) in [6, 6.07) is 0. The third-order valence-electron chi connectivity index (χ3n) is 0. The second-order valence-corrected chi connectivity index (χ2v) is 0.779. The van der Waals surface area contributed by atoms with Crippen LogP contribution in [-0.4, -0.2) is 0 Å². The van der Waals surface area contributed by atoms with Gasteiger partial charge in [-0.1, -0.05) is 0 Å². The molecule has 0 rings (SSSR count). The van der Waals surface area contributed by atoms with Crippen molar-refractivity contribution in [3.8, 4) is 0 Å². The Morgan fingerprint density at radius 1 is 1.33 bits per heavy atom. The summed E-state index contributed by atoms with van der Waals surface area (Å²) in [5.41, 5.74) is 0. The summed E-state index contributed by atoms with van der Waals surface area (Å²) in [6.45, 7) is 0. The van der Waals surface area contributed by atoms with Crippen molar-refractivity contribution in [2.45, 2.75) is 0 Å². The molecule has 0 saturated carbocycles. The van der Waals surface area contributed by atoms with Gasteiger partial charge in [-0.25, -0.2) is 0 Å². The average Bonchev–Trinajstić information content (AvgIpc) is 0.811. The van der Waals surface area contributed by atoms with E-state index in [2.05, 4.69) is 0 Å². The third kappa shape index (κ3) is 28.7. The molecule has 6 heavy (non-hydrogen) atoms. The van der Waals surface area contributed by atoms with Gasteiger partial charge in [-0.2, -0.15) is 0 Å². The zero-order valence-electron chi connectivity index (χ0n) is 3.60. The molecular formula is KMnNaO3. The minimum absolute atomic E-state index is 0. The van der Waals surface area contributed by atoms with E-state index in [0.717, 1.165) is 0 Å². The van der Waals surface area contributed by atoms with E-state index < -0.39 is 14.5 Å². The molecular weight excluding hydrogens is 165 g/mol. The molecule has 0 radical (unpaired) electrons. The molecule has 0 aliphatic heterocycles. The van der Waals surface area contributed by atoms with Gasteiger partial charge in [-0.3, -0.25) is 0 Å².